The number of para-hydroxylation sites is 1. The van der Waals surface area contributed by atoms with Crippen LogP contribution >= 0.6 is 0 Å². The van der Waals surface area contributed by atoms with Gasteiger partial charge in [-0.1, -0.05) is 37.8 Å². The van der Waals surface area contributed by atoms with Crippen LogP contribution in [-0.2, 0) is 4.79 Å². The summed E-state index contributed by atoms with van der Waals surface area (Å²) < 4.78 is 0. The van der Waals surface area contributed by atoms with Crippen molar-refractivity contribution in [3.8, 4) is 0 Å². The lowest BCUT2D eigenvalue weighted by Gasteiger charge is -2.35. The molecule has 4 rings (SSSR count). The van der Waals surface area contributed by atoms with Crippen molar-refractivity contribution in [3.63, 3.8) is 0 Å². The molecule has 8 nitrogen and oxygen atoms in total. The van der Waals surface area contributed by atoms with Crippen LogP contribution in [0.25, 0.3) is 10.9 Å². The number of benzene rings is 1. The van der Waals surface area contributed by atoms with Gasteiger partial charge in [-0.15, -0.1) is 0 Å². The fraction of sp³-hybridized carbons (Fsp3) is 0.565. The van der Waals surface area contributed by atoms with E-state index in [0.717, 1.165) is 38.5 Å². The Morgan fingerprint density at radius 1 is 1.10 bits per heavy atom. The van der Waals surface area contributed by atoms with Gasteiger partial charge >= 0.3 is 0 Å². The molecule has 0 spiro atoms. The average molecular weight is 426 g/mol. The molecule has 2 fully saturated rings. The summed E-state index contributed by atoms with van der Waals surface area (Å²) in [5.74, 6) is 0.678. The molecule has 1 aliphatic carbocycles. The van der Waals surface area contributed by atoms with Crippen molar-refractivity contribution in [1.29, 1.82) is 0 Å². The molecule has 0 atom stereocenters. The van der Waals surface area contributed by atoms with Crippen LogP contribution in [0.5, 0.6) is 0 Å². The topological polar surface area (TPSA) is 98.4 Å². The molecular weight excluding hydrogens is 394 g/mol. The number of nitrogens with one attached hydrogen (secondary N) is 2. The van der Waals surface area contributed by atoms with E-state index in [4.69, 9.17) is 0 Å². The van der Waals surface area contributed by atoms with E-state index in [-0.39, 0.29) is 23.2 Å². The second kappa shape index (κ2) is 10.0. The minimum absolute atomic E-state index is 0.0291. The number of rotatable bonds is 7. The van der Waals surface area contributed by atoms with Gasteiger partial charge in [0.05, 0.1) is 10.9 Å². The zero-order chi connectivity index (χ0) is 21.6. The van der Waals surface area contributed by atoms with Crippen LogP contribution in [0.2, 0.25) is 0 Å². The predicted octanol–water partition coefficient (Wildman–Crippen LogP) is 1.77. The van der Waals surface area contributed by atoms with Crippen molar-refractivity contribution < 1.29 is 9.59 Å². The van der Waals surface area contributed by atoms with Gasteiger partial charge in [-0.05, 0) is 24.5 Å². The van der Waals surface area contributed by atoms with Crippen LogP contribution in [0, 0.1) is 5.92 Å². The molecule has 2 N–H and O–H groups in total. The van der Waals surface area contributed by atoms with Gasteiger partial charge in [-0.3, -0.25) is 19.3 Å². The summed E-state index contributed by atoms with van der Waals surface area (Å²) in [6.07, 6.45) is 6.93. The standard InChI is InChI=1S/C23H31N5O3/c29-20(10-9-17-5-1-2-6-17)28-15-13-27(14-16-28)12-11-24-23(31)21-25-19-8-4-3-7-18(19)22(30)26-21/h3-4,7-8,17H,1-2,5-6,9-16H2,(H,24,31)(H,25,26,30). The summed E-state index contributed by atoms with van der Waals surface area (Å²) in [5, 5.41) is 3.30. The third-order valence-electron chi connectivity index (χ3n) is 6.51. The fourth-order valence-corrected chi connectivity index (χ4v) is 4.61. The van der Waals surface area contributed by atoms with Crippen LogP contribution < -0.4 is 10.9 Å². The summed E-state index contributed by atoms with van der Waals surface area (Å²) in [6, 6.07) is 6.95. The maximum atomic E-state index is 12.5. The van der Waals surface area contributed by atoms with Crippen LogP contribution in [0.4, 0.5) is 0 Å². The van der Waals surface area contributed by atoms with Gasteiger partial charge in [0.25, 0.3) is 11.5 Å². The third kappa shape index (κ3) is 5.50. The minimum Gasteiger partial charge on any atom is -0.348 e. The Hall–Kier alpha value is -2.74. The largest absolute Gasteiger partial charge is 0.348 e. The molecule has 8 heteroatoms. The number of H-pyrrole nitrogens is 1. The molecule has 166 valence electrons. The highest BCUT2D eigenvalue weighted by Crippen LogP contribution is 2.28. The van der Waals surface area contributed by atoms with Gasteiger partial charge in [-0.2, -0.15) is 0 Å². The highest BCUT2D eigenvalue weighted by atomic mass is 16.2. The van der Waals surface area contributed by atoms with E-state index in [1.54, 1.807) is 24.3 Å². The Kier molecular flexibility index (Phi) is 6.96. The molecular formula is C23H31N5O3. The van der Waals surface area contributed by atoms with E-state index in [9.17, 15) is 14.4 Å². The lowest BCUT2D eigenvalue weighted by Crippen LogP contribution is -2.50. The lowest BCUT2D eigenvalue weighted by molar-refractivity contribution is -0.133. The van der Waals surface area contributed by atoms with E-state index >= 15 is 0 Å². The summed E-state index contributed by atoms with van der Waals surface area (Å²) in [6.45, 7) is 4.29. The number of nitrogens with zero attached hydrogens (tertiary/aromatic N) is 3. The minimum atomic E-state index is -0.386. The van der Waals surface area contributed by atoms with Gasteiger partial charge in [0.2, 0.25) is 5.91 Å². The first-order chi connectivity index (χ1) is 15.1. The number of piperazine rings is 1. The van der Waals surface area contributed by atoms with Gasteiger partial charge in [0.15, 0.2) is 5.82 Å². The van der Waals surface area contributed by atoms with E-state index in [2.05, 4.69) is 20.2 Å². The Morgan fingerprint density at radius 3 is 2.61 bits per heavy atom. The van der Waals surface area contributed by atoms with Crippen LogP contribution in [-0.4, -0.2) is 70.9 Å². The summed E-state index contributed by atoms with van der Waals surface area (Å²) in [5.41, 5.74) is 0.189. The van der Waals surface area contributed by atoms with Crippen molar-refractivity contribution in [1.82, 2.24) is 25.1 Å². The number of hydrogen-bond acceptors (Lipinski definition) is 5. The van der Waals surface area contributed by atoms with E-state index in [0.29, 0.717) is 30.4 Å². The maximum Gasteiger partial charge on any atom is 0.287 e. The van der Waals surface area contributed by atoms with Crippen LogP contribution in [0.1, 0.15) is 49.1 Å². The number of hydrogen-bond donors (Lipinski definition) is 2. The molecule has 1 saturated heterocycles. The van der Waals surface area contributed by atoms with Crippen molar-refractivity contribution >= 4 is 22.7 Å². The van der Waals surface area contributed by atoms with E-state index in [1.165, 1.54) is 25.7 Å². The number of carbonyl (C=O) groups is 2. The first kappa shape index (κ1) is 21.5. The number of carbonyl (C=O) groups excluding carboxylic acids is 2. The molecule has 1 aromatic heterocycles. The van der Waals surface area contributed by atoms with Crippen molar-refractivity contribution in [2.75, 3.05) is 39.3 Å². The Balaban J connectivity index is 1.18. The van der Waals surface area contributed by atoms with E-state index < -0.39 is 0 Å². The second-order valence-corrected chi connectivity index (χ2v) is 8.60. The molecule has 31 heavy (non-hydrogen) atoms. The molecule has 0 radical (unpaired) electrons. The Labute approximate surface area is 182 Å². The third-order valence-corrected chi connectivity index (χ3v) is 6.51. The normalized spacial score (nSPS) is 17.9. The molecule has 0 unspecified atom stereocenters. The van der Waals surface area contributed by atoms with Gasteiger partial charge in [0, 0.05) is 45.7 Å². The van der Waals surface area contributed by atoms with Gasteiger partial charge in [-0.25, -0.2) is 4.98 Å². The first-order valence-corrected chi connectivity index (χ1v) is 11.4. The van der Waals surface area contributed by atoms with Gasteiger partial charge < -0.3 is 15.2 Å². The molecule has 2 aliphatic rings. The molecule has 1 aliphatic heterocycles. The molecule has 2 heterocycles. The molecule has 2 amide bonds. The molecule has 1 aromatic carbocycles. The van der Waals surface area contributed by atoms with Crippen molar-refractivity contribution in [3.05, 3.63) is 40.4 Å². The smallest absolute Gasteiger partial charge is 0.287 e. The molecule has 2 aromatic rings. The summed E-state index contributed by atoms with van der Waals surface area (Å²) >= 11 is 0. The van der Waals surface area contributed by atoms with Crippen molar-refractivity contribution in [2.45, 2.75) is 38.5 Å². The Bertz CT molecular complexity index is 975. The lowest BCUT2D eigenvalue weighted by atomic mass is 10.0. The summed E-state index contributed by atoms with van der Waals surface area (Å²) in [7, 11) is 0. The SMILES string of the molecule is O=C(NCCN1CCN(C(=O)CCC2CCCC2)CC1)c1nc2ccccc2c(=O)[nH]1. The zero-order valence-corrected chi connectivity index (χ0v) is 17.9. The van der Waals surface area contributed by atoms with Crippen LogP contribution in [0.15, 0.2) is 29.1 Å². The van der Waals surface area contributed by atoms with E-state index in [1.807, 2.05) is 4.90 Å². The summed E-state index contributed by atoms with van der Waals surface area (Å²) in [4.78, 5) is 48.0. The second-order valence-electron chi connectivity index (χ2n) is 8.60. The average Bonchev–Trinajstić information content (AvgIpc) is 3.31. The number of aromatic amines is 1. The number of amides is 2. The van der Waals surface area contributed by atoms with Gasteiger partial charge in [0.1, 0.15) is 0 Å². The number of fused-ring (bicyclic) bond motifs is 1. The first-order valence-electron chi connectivity index (χ1n) is 11.4. The zero-order valence-electron chi connectivity index (χ0n) is 17.9. The molecule has 0 bridgehead atoms. The highest BCUT2D eigenvalue weighted by Gasteiger charge is 2.23. The molecule has 1 saturated carbocycles. The highest BCUT2D eigenvalue weighted by molar-refractivity contribution is 5.92. The fourth-order valence-electron chi connectivity index (χ4n) is 4.61. The Morgan fingerprint density at radius 2 is 1.84 bits per heavy atom. The number of aromatic nitrogens is 2. The monoisotopic (exact) mass is 425 g/mol. The maximum absolute atomic E-state index is 12.5. The quantitative estimate of drug-likeness (QED) is 0.705. The predicted molar refractivity (Wildman–Crippen MR) is 119 cm³/mol. The van der Waals surface area contributed by atoms with Crippen molar-refractivity contribution in [2.24, 2.45) is 5.92 Å². The van der Waals surface area contributed by atoms with Crippen LogP contribution in [0.3, 0.4) is 0 Å².